The van der Waals surface area contributed by atoms with E-state index in [1.165, 1.54) is 12.8 Å². The van der Waals surface area contributed by atoms with Gasteiger partial charge in [-0.15, -0.1) is 0 Å². The van der Waals surface area contributed by atoms with Crippen LogP contribution in [-0.2, 0) is 0 Å². The number of unbranched alkanes of at least 4 members (excludes halogenated alkanes) is 1. The minimum atomic E-state index is 0.846. The molecule has 0 aromatic carbocycles. The predicted molar refractivity (Wildman–Crippen MR) is 78.5 cm³/mol. The molecule has 0 saturated heterocycles. The summed E-state index contributed by atoms with van der Waals surface area (Å²) >= 11 is 0. The summed E-state index contributed by atoms with van der Waals surface area (Å²) in [7, 11) is 2.10. The number of hydrogen-bond donors (Lipinski definition) is 0. The summed E-state index contributed by atoms with van der Waals surface area (Å²) in [6.45, 7) is 11.4. The van der Waals surface area contributed by atoms with Crippen molar-refractivity contribution in [2.24, 2.45) is 0 Å². The molecule has 18 heavy (non-hydrogen) atoms. The van der Waals surface area contributed by atoms with Crippen molar-refractivity contribution in [2.45, 2.75) is 40.5 Å². The van der Waals surface area contributed by atoms with Crippen LogP contribution in [0.5, 0.6) is 0 Å². The van der Waals surface area contributed by atoms with Crippen LogP contribution in [0.1, 0.15) is 39.3 Å². The first-order valence-corrected chi connectivity index (χ1v) is 6.94. The van der Waals surface area contributed by atoms with Gasteiger partial charge in [-0.3, -0.25) is 0 Å². The molecule has 0 radical (unpaired) electrons. The summed E-state index contributed by atoms with van der Waals surface area (Å²) < 4.78 is 0. The summed E-state index contributed by atoms with van der Waals surface area (Å²) in [5.41, 5.74) is 1.03. The fourth-order valence-electron chi connectivity index (χ4n) is 1.89. The van der Waals surface area contributed by atoms with Gasteiger partial charge in [0.1, 0.15) is 5.82 Å². The van der Waals surface area contributed by atoms with Crippen LogP contribution in [-0.4, -0.2) is 36.6 Å². The maximum Gasteiger partial charge on any atom is 0.227 e. The zero-order valence-corrected chi connectivity index (χ0v) is 12.4. The maximum atomic E-state index is 4.67. The van der Waals surface area contributed by atoms with E-state index in [0.717, 1.165) is 37.1 Å². The lowest BCUT2D eigenvalue weighted by molar-refractivity contribution is 0.751. The van der Waals surface area contributed by atoms with Crippen LogP contribution in [0.2, 0.25) is 0 Å². The molecule has 0 atom stereocenters. The molecule has 0 amide bonds. The van der Waals surface area contributed by atoms with Crippen molar-refractivity contribution in [3.8, 4) is 0 Å². The molecule has 0 aliphatic rings. The highest BCUT2D eigenvalue weighted by molar-refractivity contribution is 5.45. The maximum absolute atomic E-state index is 4.67. The molecule has 0 spiro atoms. The minimum Gasteiger partial charge on any atom is -0.360 e. The molecule has 1 aromatic rings. The molecule has 102 valence electrons. The van der Waals surface area contributed by atoms with Gasteiger partial charge in [-0.1, -0.05) is 13.3 Å². The minimum absolute atomic E-state index is 0.846. The summed E-state index contributed by atoms with van der Waals surface area (Å²) in [5, 5.41) is 0. The van der Waals surface area contributed by atoms with Crippen molar-refractivity contribution in [3.05, 3.63) is 11.8 Å². The van der Waals surface area contributed by atoms with Crippen LogP contribution in [0.25, 0.3) is 0 Å². The first-order valence-electron chi connectivity index (χ1n) is 6.94. The van der Waals surface area contributed by atoms with Gasteiger partial charge in [-0.05, 0) is 27.2 Å². The molecule has 0 fully saturated rings. The standard InChI is InChI=1S/C14H26N4/c1-6-9-10-17(5)13-11-12(4)15-14(16-13)18(7-2)8-3/h11H,6-10H2,1-5H3. The molecule has 1 heterocycles. The molecule has 4 nitrogen and oxygen atoms in total. The monoisotopic (exact) mass is 250 g/mol. The average molecular weight is 250 g/mol. The Morgan fingerprint density at radius 1 is 1.11 bits per heavy atom. The van der Waals surface area contributed by atoms with Crippen LogP contribution in [0.3, 0.4) is 0 Å². The van der Waals surface area contributed by atoms with E-state index in [9.17, 15) is 0 Å². The van der Waals surface area contributed by atoms with Crippen molar-refractivity contribution >= 4 is 11.8 Å². The first-order chi connectivity index (χ1) is 8.62. The average Bonchev–Trinajstić information content (AvgIpc) is 2.36. The summed E-state index contributed by atoms with van der Waals surface area (Å²) in [6, 6.07) is 2.06. The van der Waals surface area contributed by atoms with Crippen LogP contribution in [0, 0.1) is 6.92 Å². The van der Waals surface area contributed by atoms with Crippen LogP contribution in [0.4, 0.5) is 11.8 Å². The summed E-state index contributed by atoms with van der Waals surface area (Å²) in [5.74, 6) is 1.87. The highest BCUT2D eigenvalue weighted by atomic mass is 15.3. The highest BCUT2D eigenvalue weighted by Crippen LogP contribution is 2.16. The molecule has 4 heteroatoms. The van der Waals surface area contributed by atoms with E-state index >= 15 is 0 Å². The largest absolute Gasteiger partial charge is 0.360 e. The molecule has 1 rings (SSSR count). The van der Waals surface area contributed by atoms with Crippen molar-refractivity contribution in [3.63, 3.8) is 0 Å². The third-order valence-corrected chi connectivity index (χ3v) is 3.11. The van der Waals surface area contributed by atoms with Crippen LogP contribution in [0.15, 0.2) is 6.07 Å². The molecular weight excluding hydrogens is 224 g/mol. The SMILES string of the molecule is CCCCN(C)c1cc(C)nc(N(CC)CC)n1. The number of aromatic nitrogens is 2. The van der Waals surface area contributed by atoms with E-state index in [2.05, 4.69) is 53.7 Å². The second-order valence-electron chi connectivity index (χ2n) is 4.61. The highest BCUT2D eigenvalue weighted by Gasteiger charge is 2.10. The topological polar surface area (TPSA) is 32.3 Å². The number of nitrogens with zero attached hydrogens (tertiary/aromatic N) is 4. The van der Waals surface area contributed by atoms with E-state index in [0.29, 0.717) is 0 Å². The van der Waals surface area contributed by atoms with Gasteiger partial charge in [0.05, 0.1) is 0 Å². The van der Waals surface area contributed by atoms with Gasteiger partial charge in [-0.25, -0.2) is 4.98 Å². The van der Waals surface area contributed by atoms with Crippen molar-refractivity contribution in [1.29, 1.82) is 0 Å². The number of anilines is 2. The Hall–Kier alpha value is -1.32. The quantitative estimate of drug-likeness (QED) is 0.745. The number of hydrogen-bond acceptors (Lipinski definition) is 4. The predicted octanol–water partition coefficient (Wildman–Crippen LogP) is 2.87. The Labute approximate surface area is 111 Å². The summed E-state index contributed by atoms with van der Waals surface area (Å²) in [6.07, 6.45) is 2.40. The second kappa shape index (κ2) is 7.19. The Morgan fingerprint density at radius 3 is 2.33 bits per heavy atom. The Bertz CT molecular complexity index is 361. The summed E-state index contributed by atoms with van der Waals surface area (Å²) in [4.78, 5) is 13.6. The van der Waals surface area contributed by atoms with Gasteiger partial charge in [0, 0.05) is 38.4 Å². The Morgan fingerprint density at radius 2 is 1.78 bits per heavy atom. The zero-order valence-electron chi connectivity index (χ0n) is 12.4. The van der Waals surface area contributed by atoms with Crippen molar-refractivity contribution < 1.29 is 0 Å². The van der Waals surface area contributed by atoms with E-state index < -0.39 is 0 Å². The molecule has 0 bridgehead atoms. The van der Waals surface area contributed by atoms with E-state index in [-0.39, 0.29) is 0 Å². The van der Waals surface area contributed by atoms with Gasteiger partial charge in [0.15, 0.2) is 0 Å². The molecule has 1 aromatic heterocycles. The second-order valence-corrected chi connectivity index (χ2v) is 4.61. The van der Waals surface area contributed by atoms with Gasteiger partial charge >= 0.3 is 0 Å². The number of rotatable bonds is 7. The van der Waals surface area contributed by atoms with E-state index in [1.807, 2.05) is 6.92 Å². The third-order valence-electron chi connectivity index (χ3n) is 3.11. The molecule has 0 unspecified atom stereocenters. The normalized spacial score (nSPS) is 10.5. The van der Waals surface area contributed by atoms with Crippen LogP contribution < -0.4 is 9.80 Å². The van der Waals surface area contributed by atoms with Gasteiger partial charge in [0.2, 0.25) is 5.95 Å². The van der Waals surface area contributed by atoms with Gasteiger partial charge < -0.3 is 9.80 Å². The lowest BCUT2D eigenvalue weighted by atomic mass is 10.3. The molecule has 0 N–H and O–H groups in total. The van der Waals surface area contributed by atoms with Gasteiger partial charge in [0.25, 0.3) is 0 Å². The first kappa shape index (κ1) is 14.7. The Kier molecular flexibility index (Phi) is 5.89. The molecule has 0 aliphatic heterocycles. The third kappa shape index (κ3) is 3.86. The van der Waals surface area contributed by atoms with Gasteiger partial charge in [-0.2, -0.15) is 4.98 Å². The van der Waals surface area contributed by atoms with Crippen molar-refractivity contribution in [1.82, 2.24) is 9.97 Å². The van der Waals surface area contributed by atoms with E-state index in [1.54, 1.807) is 0 Å². The molecular formula is C14H26N4. The van der Waals surface area contributed by atoms with E-state index in [4.69, 9.17) is 0 Å². The smallest absolute Gasteiger partial charge is 0.227 e. The number of aryl methyl sites for hydroxylation is 1. The molecule has 0 aliphatic carbocycles. The fraction of sp³-hybridized carbons (Fsp3) is 0.714. The van der Waals surface area contributed by atoms with Crippen LogP contribution >= 0.6 is 0 Å². The zero-order chi connectivity index (χ0) is 13.5. The Balaban J connectivity index is 2.92. The fourth-order valence-corrected chi connectivity index (χ4v) is 1.89. The lowest BCUT2D eigenvalue weighted by Gasteiger charge is -2.23. The lowest BCUT2D eigenvalue weighted by Crippen LogP contribution is -2.26. The van der Waals surface area contributed by atoms with Crippen molar-refractivity contribution in [2.75, 3.05) is 36.5 Å². The molecule has 0 saturated carbocycles.